The molecule has 1 atom stereocenters. The fraction of sp³-hybridized carbons (Fsp3) is 0.571. The van der Waals surface area contributed by atoms with Crippen LogP contribution in [0, 0.1) is 6.92 Å². The van der Waals surface area contributed by atoms with E-state index in [1.807, 2.05) is 0 Å². The molecule has 0 saturated carbocycles. The molecule has 0 heterocycles. The van der Waals surface area contributed by atoms with E-state index in [-0.39, 0.29) is 0 Å². The third kappa shape index (κ3) is 5.82. The molecule has 0 amide bonds. The molecule has 0 aliphatic heterocycles. The number of ether oxygens (including phenoxy) is 1. The maximum absolute atomic E-state index is 5.53. The third-order valence-corrected chi connectivity index (χ3v) is 2.80. The van der Waals surface area contributed by atoms with Crippen LogP contribution < -0.4 is 11.1 Å². The average Bonchev–Trinajstić information content (AvgIpc) is 2.33. The van der Waals surface area contributed by atoms with Crippen molar-refractivity contribution in [1.29, 1.82) is 0 Å². The predicted molar refractivity (Wildman–Crippen MR) is 72.0 cm³/mol. The van der Waals surface area contributed by atoms with Gasteiger partial charge in [0.1, 0.15) is 0 Å². The number of hydrogen-bond donors (Lipinski definition) is 2. The van der Waals surface area contributed by atoms with Gasteiger partial charge in [-0.2, -0.15) is 0 Å². The van der Waals surface area contributed by atoms with E-state index in [0.29, 0.717) is 6.04 Å². The fourth-order valence-electron chi connectivity index (χ4n) is 1.89. The summed E-state index contributed by atoms with van der Waals surface area (Å²) in [5.74, 6) is 0. The molecule has 0 saturated heterocycles. The molecule has 96 valence electrons. The minimum Gasteiger partial charge on any atom is -0.383 e. The number of methoxy groups -OCH3 is 1. The maximum atomic E-state index is 5.53. The van der Waals surface area contributed by atoms with Gasteiger partial charge < -0.3 is 15.8 Å². The SMILES string of the molecule is COCC(CCCN)NCc1cccc(C)c1. The van der Waals surface area contributed by atoms with Crippen LogP contribution in [0.2, 0.25) is 0 Å². The van der Waals surface area contributed by atoms with Crippen molar-refractivity contribution in [3.8, 4) is 0 Å². The number of benzene rings is 1. The molecule has 1 rings (SSSR count). The first-order chi connectivity index (χ1) is 8.26. The normalized spacial score (nSPS) is 12.6. The van der Waals surface area contributed by atoms with Crippen LogP contribution in [0.3, 0.4) is 0 Å². The molecule has 0 aromatic heterocycles. The zero-order chi connectivity index (χ0) is 12.5. The lowest BCUT2D eigenvalue weighted by Crippen LogP contribution is -2.33. The molecule has 17 heavy (non-hydrogen) atoms. The Morgan fingerprint density at radius 2 is 2.24 bits per heavy atom. The lowest BCUT2D eigenvalue weighted by molar-refractivity contribution is 0.161. The second-order valence-electron chi connectivity index (χ2n) is 4.45. The van der Waals surface area contributed by atoms with Crippen LogP contribution in [0.1, 0.15) is 24.0 Å². The highest BCUT2D eigenvalue weighted by Gasteiger charge is 2.07. The van der Waals surface area contributed by atoms with Gasteiger partial charge in [0.05, 0.1) is 6.61 Å². The van der Waals surface area contributed by atoms with Gasteiger partial charge in [-0.05, 0) is 31.9 Å². The molecule has 1 aromatic rings. The lowest BCUT2D eigenvalue weighted by atomic mass is 10.1. The van der Waals surface area contributed by atoms with Crippen molar-refractivity contribution in [2.45, 2.75) is 32.4 Å². The van der Waals surface area contributed by atoms with Crippen molar-refractivity contribution in [2.24, 2.45) is 5.73 Å². The highest BCUT2D eigenvalue weighted by Crippen LogP contribution is 2.05. The monoisotopic (exact) mass is 236 g/mol. The fourth-order valence-corrected chi connectivity index (χ4v) is 1.89. The van der Waals surface area contributed by atoms with Gasteiger partial charge in [0.25, 0.3) is 0 Å². The number of nitrogens with one attached hydrogen (secondary N) is 1. The van der Waals surface area contributed by atoms with Gasteiger partial charge in [-0.15, -0.1) is 0 Å². The van der Waals surface area contributed by atoms with Crippen LogP contribution in [-0.2, 0) is 11.3 Å². The molecule has 0 aliphatic carbocycles. The largest absolute Gasteiger partial charge is 0.383 e. The van der Waals surface area contributed by atoms with Crippen molar-refractivity contribution in [3.05, 3.63) is 35.4 Å². The van der Waals surface area contributed by atoms with Gasteiger partial charge in [-0.25, -0.2) is 0 Å². The quantitative estimate of drug-likeness (QED) is 0.724. The second kappa shape index (κ2) is 8.23. The van der Waals surface area contributed by atoms with Crippen LogP contribution in [0.4, 0.5) is 0 Å². The van der Waals surface area contributed by atoms with E-state index in [4.69, 9.17) is 10.5 Å². The van der Waals surface area contributed by atoms with E-state index in [2.05, 4.69) is 36.5 Å². The summed E-state index contributed by atoms with van der Waals surface area (Å²) in [7, 11) is 1.74. The second-order valence-corrected chi connectivity index (χ2v) is 4.45. The highest BCUT2D eigenvalue weighted by atomic mass is 16.5. The van der Waals surface area contributed by atoms with E-state index >= 15 is 0 Å². The molecule has 3 heteroatoms. The lowest BCUT2D eigenvalue weighted by Gasteiger charge is -2.17. The van der Waals surface area contributed by atoms with Gasteiger partial charge >= 0.3 is 0 Å². The summed E-state index contributed by atoms with van der Waals surface area (Å²) in [5.41, 5.74) is 8.15. The van der Waals surface area contributed by atoms with E-state index in [1.165, 1.54) is 11.1 Å². The molecular formula is C14H24N2O. The Kier molecular flexibility index (Phi) is 6.86. The molecule has 3 N–H and O–H groups in total. The Bertz CT molecular complexity index is 315. The van der Waals surface area contributed by atoms with Gasteiger partial charge in [0.15, 0.2) is 0 Å². The molecule has 1 aromatic carbocycles. The summed E-state index contributed by atoms with van der Waals surface area (Å²) < 4.78 is 5.21. The average molecular weight is 236 g/mol. The highest BCUT2D eigenvalue weighted by molar-refractivity contribution is 5.21. The molecule has 0 bridgehead atoms. The smallest absolute Gasteiger partial charge is 0.0615 e. The van der Waals surface area contributed by atoms with Crippen molar-refractivity contribution in [2.75, 3.05) is 20.3 Å². The predicted octanol–water partition coefficient (Wildman–Crippen LogP) is 1.84. The van der Waals surface area contributed by atoms with Crippen molar-refractivity contribution in [1.82, 2.24) is 5.32 Å². The van der Waals surface area contributed by atoms with Crippen LogP contribution >= 0.6 is 0 Å². The Morgan fingerprint density at radius 3 is 2.88 bits per heavy atom. The van der Waals surface area contributed by atoms with Crippen LogP contribution in [0.5, 0.6) is 0 Å². The summed E-state index contributed by atoms with van der Waals surface area (Å²) in [6.45, 7) is 4.49. The molecular weight excluding hydrogens is 212 g/mol. The standard InChI is InChI=1S/C14H24N2O/c1-12-5-3-6-13(9-12)10-16-14(11-17-2)7-4-8-15/h3,5-6,9,14,16H,4,7-8,10-11,15H2,1-2H3. The third-order valence-electron chi connectivity index (χ3n) is 2.80. The van der Waals surface area contributed by atoms with E-state index in [0.717, 1.165) is 32.5 Å². The minimum absolute atomic E-state index is 0.393. The Labute approximate surface area is 104 Å². The van der Waals surface area contributed by atoms with Crippen LogP contribution in [0.25, 0.3) is 0 Å². The molecule has 0 aliphatic rings. The number of aryl methyl sites for hydroxylation is 1. The molecule has 3 nitrogen and oxygen atoms in total. The van der Waals surface area contributed by atoms with E-state index in [9.17, 15) is 0 Å². The summed E-state index contributed by atoms with van der Waals surface area (Å²) in [6.07, 6.45) is 2.10. The first-order valence-electron chi connectivity index (χ1n) is 6.24. The zero-order valence-electron chi connectivity index (χ0n) is 10.9. The van der Waals surface area contributed by atoms with Gasteiger partial charge in [0, 0.05) is 19.7 Å². The first kappa shape index (κ1) is 14.2. The summed E-state index contributed by atoms with van der Waals surface area (Å²) in [5, 5.41) is 3.52. The first-order valence-corrected chi connectivity index (χ1v) is 6.24. The molecule has 0 radical (unpaired) electrons. The number of hydrogen-bond acceptors (Lipinski definition) is 3. The Balaban J connectivity index is 2.39. The Hall–Kier alpha value is -0.900. The number of nitrogens with two attached hydrogens (primary N) is 1. The van der Waals surface area contributed by atoms with E-state index < -0.39 is 0 Å². The zero-order valence-corrected chi connectivity index (χ0v) is 10.9. The summed E-state index contributed by atoms with van der Waals surface area (Å²) in [4.78, 5) is 0. The van der Waals surface area contributed by atoms with Crippen molar-refractivity contribution in [3.63, 3.8) is 0 Å². The summed E-state index contributed by atoms with van der Waals surface area (Å²) in [6, 6.07) is 8.96. The van der Waals surface area contributed by atoms with E-state index in [1.54, 1.807) is 7.11 Å². The summed E-state index contributed by atoms with van der Waals surface area (Å²) >= 11 is 0. The van der Waals surface area contributed by atoms with Crippen molar-refractivity contribution >= 4 is 0 Å². The van der Waals surface area contributed by atoms with Crippen molar-refractivity contribution < 1.29 is 4.74 Å². The van der Waals surface area contributed by atoms with Crippen LogP contribution in [0.15, 0.2) is 24.3 Å². The minimum atomic E-state index is 0.393. The van der Waals surface area contributed by atoms with Gasteiger partial charge in [-0.3, -0.25) is 0 Å². The molecule has 0 fully saturated rings. The maximum Gasteiger partial charge on any atom is 0.0615 e. The molecule has 0 spiro atoms. The topological polar surface area (TPSA) is 47.3 Å². The number of rotatable bonds is 8. The van der Waals surface area contributed by atoms with Gasteiger partial charge in [-0.1, -0.05) is 29.8 Å². The van der Waals surface area contributed by atoms with Gasteiger partial charge in [0.2, 0.25) is 0 Å². The molecule has 1 unspecified atom stereocenters. The Morgan fingerprint density at radius 1 is 1.41 bits per heavy atom. The van der Waals surface area contributed by atoms with Crippen LogP contribution in [-0.4, -0.2) is 26.3 Å².